The van der Waals surface area contributed by atoms with Crippen LogP contribution >= 0.6 is 0 Å². The molecule has 30 heavy (non-hydrogen) atoms. The van der Waals surface area contributed by atoms with E-state index < -0.39 is 17.5 Å². The molecule has 4 N–H and O–H groups in total. The van der Waals surface area contributed by atoms with Gasteiger partial charge in [0.05, 0.1) is 24.2 Å². The minimum absolute atomic E-state index is 0.0331. The molecule has 2 heterocycles. The first kappa shape index (κ1) is 20.2. The molecule has 6 nitrogen and oxygen atoms in total. The van der Waals surface area contributed by atoms with E-state index in [1.807, 2.05) is 63.4 Å². The molecule has 0 saturated carbocycles. The third-order valence-corrected chi connectivity index (χ3v) is 6.68. The van der Waals surface area contributed by atoms with Gasteiger partial charge in [-0.3, -0.25) is 4.79 Å². The molecule has 2 atom stereocenters. The number of likely N-dealkylation sites (tertiary alicyclic amines) is 1. The van der Waals surface area contributed by atoms with E-state index in [2.05, 4.69) is 11.1 Å². The summed E-state index contributed by atoms with van der Waals surface area (Å²) in [4.78, 5) is 27.6. The molecule has 1 aliphatic rings. The third-order valence-electron chi connectivity index (χ3n) is 6.68. The van der Waals surface area contributed by atoms with Gasteiger partial charge in [0.25, 0.3) is 5.91 Å². The van der Waals surface area contributed by atoms with Gasteiger partial charge in [-0.05, 0) is 49.6 Å². The average Bonchev–Trinajstić information content (AvgIpc) is 3.32. The molecule has 2 amide bonds. The molecule has 0 radical (unpaired) electrons. The predicted molar refractivity (Wildman–Crippen MR) is 117 cm³/mol. The number of hydrogen-bond donors (Lipinski definition) is 3. The number of hydrogen-bond acceptors (Lipinski definition) is 2. The van der Waals surface area contributed by atoms with Crippen molar-refractivity contribution in [1.29, 1.82) is 0 Å². The Morgan fingerprint density at radius 2 is 1.83 bits per heavy atom. The zero-order chi connectivity index (χ0) is 21.7. The van der Waals surface area contributed by atoms with Gasteiger partial charge >= 0.3 is 6.09 Å². The van der Waals surface area contributed by atoms with Gasteiger partial charge in [-0.1, -0.05) is 30.3 Å². The first-order valence-electron chi connectivity index (χ1n) is 10.2. The highest BCUT2D eigenvalue weighted by Crippen LogP contribution is 2.42. The van der Waals surface area contributed by atoms with Crippen LogP contribution in [0.4, 0.5) is 4.79 Å². The predicted octanol–water partition coefficient (Wildman–Crippen LogP) is 4.71. The number of rotatable bonds is 3. The average molecular weight is 407 g/mol. The van der Waals surface area contributed by atoms with Crippen molar-refractivity contribution in [2.45, 2.75) is 38.6 Å². The van der Waals surface area contributed by atoms with E-state index in [-0.39, 0.29) is 10.4 Å². The van der Waals surface area contributed by atoms with Crippen LogP contribution < -0.4 is 5.73 Å². The zero-order valence-corrected chi connectivity index (χ0v) is 17.6. The third kappa shape index (κ3) is 3.08. The van der Waals surface area contributed by atoms with E-state index in [0.29, 0.717) is 24.2 Å². The topological polar surface area (TPSA) is 96.2 Å². The van der Waals surface area contributed by atoms with E-state index in [0.717, 1.165) is 28.5 Å². The van der Waals surface area contributed by atoms with Crippen molar-refractivity contribution in [2.75, 3.05) is 13.1 Å². The first-order chi connectivity index (χ1) is 14.1. The van der Waals surface area contributed by atoms with Gasteiger partial charge in [0.2, 0.25) is 0 Å². The SMILES string of the molecule is CC(C)(C)[N+]1(C(=O)O)CCC(c2c[nH]c3c(C(N)=O)cc(-c4ccccc4)cc23)C1. The van der Waals surface area contributed by atoms with Gasteiger partial charge in [0, 0.05) is 23.9 Å². The molecular weight excluding hydrogens is 378 g/mol. The van der Waals surface area contributed by atoms with E-state index in [1.165, 1.54) is 0 Å². The fourth-order valence-corrected chi connectivity index (χ4v) is 4.84. The standard InChI is InChI=1S/C24H27N3O3/c1-24(2,3)27(23(29)30)10-9-16(14-27)20-13-26-21-18(20)11-17(12-19(21)22(25)28)15-7-5-4-6-8-15/h4-8,11-13,16H,9-10,14H2,1-3H3,(H3-,25,26,28,29,30)/p+1. The summed E-state index contributed by atoms with van der Waals surface area (Å²) in [5.74, 6) is -0.399. The van der Waals surface area contributed by atoms with Crippen molar-refractivity contribution in [3.8, 4) is 11.1 Å². The molecule has 2 unspecified atom stereocenters. The second-order valence-electron chi connectivity index (χ2n) is 9.23. The largest absolute Gasteiger partial charge is 0.514 e. The van der Waals surface area contributed by atoms with Crippen LogP contribution in [0.15, 0.2) is 48.7 Å². The number of aromatic amines is 1. The Labute approximate surface area is 175 Å². The zero-order valence-electron chi connectivity index (χ0n) is 17.6. The number of carbonyl (C=O) groups is 2. The summed E-state index contributed by atoms with van der Waals surface area (Å²) in [5, 5.41) is 11.0. The molecule has 0 spiro atoms. The Kier molecular flexibility index (Phi) is 4.70. The Balaban J connectivity index is 1.84. The summed E-state index contributed by atoms with van der Waals surface area (Å²) >= 11 is 0. The van der Waals surface area contributed by atoms with Crippen LogP contribution in [0.2, 0.25) is 0 Å². The first-order valence-corrected chi connectivity index (χ1v) is 10.2. The number of carbonyl (C=O) groups excluding carboxylic acids is 1. The van der Waals surface area contributed by atoms with Crippen LogP contribution in [0, 0.1) is 0 Å². The molecule has 2 aromatic carbocycles. The summed E-state index contributed by atoms with van der Waals surface area (Å²) in [5.41, 5.74) is 9.43. The monoisotopic (exact) mass is 406 g/mol. The molecule has 0 aliphatic carbocycles. The number of fused-ring (bicyclic) bond motifs is 1. The van der Waals surface area contributed by atoms with Crippen molar-refractivity contribution >= 4 is 22.9 Å². The van der Waals surface area contributed by atoms with Crippen molar-refractivity contribution in [3.05, 3.63) is 59.8 Å². The van der Waals surface area contributed by atoms with Crippen molar-refractivity contribution in [2.24, 2.45) is 5.73 Å². The number of amides is 2. The van der Waals surface area contributed by atoms with Crippen LogP contribution in [0.25, 0.3) is 22.0 Å². The summed E-state index contributed by atoms with van der Waals surface area (Å²) in [6, 6.07) is 13.8. The maximum atomic E-state index is 12.2. The number of primary amides is 1. The highest BCUT2D eigenvalue weighted by atomic mass is 16.4. The number of nitrogens with one attached hydrogen (secondary N) is 1. The Hall–Kier alpha value is -3.12. The lowest BCUT2D eigenvalue weighted by Gasteiger charge is -2.40. The summed E-state index contributed by atoms with van der Waals surface area (Å²) < 4.78 is 0.0331. The summed E-state index contributed by atoms with van der Waals surface area (Å²) in [6.45, 7) is 7.05. The van der Waals surface area contributed by atoms with Crippen molar-refractivity contribution < 1.29 is 19.2 Å². The van der Waals surface area contributed by atoms with Crippen LogP contribution in [-0.4, -0.2) is 45.2 Å². The number of quaternary nitrogens is 1. The number of nitrogens with zero attached hydrogens (tertiary/aromatic N) is 1. The number of benzene rings is 2. The minimum Gasteiger partial charge on any atom is -0.435 e. The van der Waals surface area contributed by atoms with Gasteiger partial charge in [-0.25, -0.2) is 4.48 Å². The highest BCUT2D eigenvalue weighted by Gasteiger charge is 2.53. The lowest BCUT2D eigenvalue weighted by Crippen LogP contribution is -2.61. The van der Waals surface area contributed by atoms with Crippen LogP contribution in [0.5, 0.6) is 0 Å². The minimum atomic E-state index is -0.785. The van der Waals surface area contributed by atoms with Crippen LogP contribution in [-0.2, 0) is 0 Å². The van der Waals surface area contributed by atoms with E-state index in [1.54, 1.807) is 0 Å². The molecule has 0 bridgehead atoms. The van der Waals surface area contributed by atoms with Crippen LogP contribution in [0.1, 0.15) is 49.0 Å². The van der Waals surface area contributed by atoms with E-state index in [4.69, 9.17) is 5.73 Å². The van der Waals surface area contributed by atoms with Gasteiger partial charge in [0.1, 0.15) is 5.54 Å². The fourth-order valence-electron chi connectivity index (χ4n) is 4.84. The molecule has 156 valence electrons. The smallest absolute Gasteiger partial charge is 0.435 e. The molecule has 1 aliphatic heterocycles. The maximum Gasteiger partial charge on any atom is 0.514 e. The van der Waals surface area contributed by atoms with Crippen LogP contribution in [0.3, 0.4) is 0 Å². The van der Waals surface area contributed by atoms with Gasteiger partial charge in [0.15, 0.2) is 0 Å². The second-order valence-corrected chi connectivity index (χ2v) is 9.23. The number of aromatic nitrogens is 1. The molecule has 1 saturated heterocycles. The lowest BCUT2D eigenvalue weighted by molar-refractivity contribution is -0.892. The van der Waals surface area contributed by atoms with Crippen molar-refractivity contribution in [1.82, 2.24) is 4.98 Å². The molecular formula is C24H28N3O3+. The van der Waals surface area contributed by atoms with Gasteiger partial charge in [-0.15, -0.1) is 0 Å². The molecule has 6 heteroatoms. The number of nitrogens with two attached hydrogens (primary N) is 1. The Morgan fingerprint density at radius 3 is 2.40 bits per heavy atom. The second kappa shape index (κ2) is 6.99. The van der Waals surface area contributed by atoms with E-state index >= 15 is 0 Å². The fraction of sp³-hybridized carbons (Fsp3) is 0.333. The van der Waals surface area contributed by atoms with Gasteiger partial charge in [-0.2, -0.15) is 4.79 Å². The molecule has 4 rings (SSSR count). The normalized spacial score (nSPS) is 21.8. The Bertz CT molecular complexity index is 1130. The van der Waals surface area contributed by atoms with E-state index in [9.17, 15) is 14.7 Å². The van der Waals surface area contributed by atoms with Crippen molar-refractivity contribution in [3.63, 3.8) is 0 Å². The maximum absolute atomic E-state index is 12.2. The number of H-pyrrole nitrogens is 1. The van der Waals surface area contributed by atoms with Gasteiger partial charge < -0.3 is 15.8 Å². The highest BCUT2D eigenvalue weighted by molar-refractivity contribution is 6.07. The summed E-state index contributed by atoms with van der Waals surface area (Å²) in [7, 11) is 0. The quantitative estimate of drug-likeness (QED) is 0.549. The molecule has 3 aromatic rings. The Morgan fingerprint density at radius 1 is 1.13 bits per heavy atom. The lowest BCUT2D eigenvalue weighted by atomic mass is 9.93. The number of carboxylic acid groups (broad SMARTS) is 1. The molecule has 1 fully saturated rings. The molecule has 1 aromatic heterocycles. The summed E-state index contributed by atoms with van der Waals surface area (Å²) in [6.07, 6.45) is 1.91.